The summed E-state index contributed by atoms with van der Waals surface area (Å²) in [6.07, 6.45) is 0.740. The van der Waals surface area contributed by atoms with Gasteiger partial charge in [0.2, 0.25) is 5.91 Å². The predicted molar refractivity (Wildman–Crippen MR) is 138 cm³/mol. The van der Waals surface area contributed by atoms with Crippen molar-refractivity contribution in [2.24, 2.45) is 0 Å². The van der Waals surface area contributed by atoms with E-state index in [1.165, 1.54) is 4.90 Å². The molecule has 0 unspecified atom stereocenters. The topological polar surface area (TPSA) is 79.3 Å². The number of anilines is 2. The molecule has 0 fully saturated rings. The van der Waals surface area contributed by atoms with E-state index in [1.807, 2.05) is 75.4 Å². The Morgan fingerprint density at radius 3 is 2.09 bits per heavy atom. The molecule has 0 aliphatic rings. The Kier molecular flexibility index (Phi) is 7.76. The van der Waals surface area contributed by atoms with Crippen LogP contribution < -0.4 is 10.6 Å². The molecule has 0 saturated carbocycles. The average molecular weight is 462 g/mol. The first-order chi connectivity index (χ1) is 16.1. The van der Waals surface area contributed by atoms with Crippen LogP contribution >= 0.6 is 0 Å². The largest absolute Gasteiger partial charge is 0.322 e. The maximum Gasteiger partial charge on any atom is 0.322 e. The van der Waals surface area contributed by atoms with Gasteiger partial charge in [-0.3, -0.25) is 4.79 Å². The first-order valence-electron chi connectivity index (χ1n) is 11.7. The summed E-state index contributed by atoms with van der Waals surface area (Å²) in [4.78, 5) is 27.4. The van der Waals surface area contributed by atoms with Crippen molar-refractivity contribution in [2.45, 2.75) is 53.4 Å². The predicted octanol–water partition coefficient (Wildman–Crippen LogP) is 5.67. The molecule has 3 aromatic rings. The molecule has 3 amide bonds. The minimum Gasteiger partial charge on any atom is -0.315 e. The van der Waals surface area contributed by atoms with E-state index in [-0.39, 0.29) is 23.9 Å². The van der Waals surface area contributed by atoms with Crippen molar-refractivity contribution in [1.29, 1.82) is 0 Å². The van der Waals surface area contributed by atoms with Gasteiger partial charge in [0.15, 0.2) is 0 Å². The number of nitrogens with zero attached hydrogens (tertiary/aromatic N) is 3. The van der Waals surface area contributed by atoms with Crippen LogP contribution in [-0.2, 0) is 10.2 Å². The third kappa shape index (κ3) is 6.47. The Morgan fingerprint density at radius 2 is 1.53 bits per heavy atom. The van der Waals surface area contributed by atoms with E-state index in [0.717, 1.165) is 28.9 Å². The highest BCUT2D eigenvalue weighted by molar-refractivity contribution is 5.96. The van der Waals surface area contributed by atoms with E-state index >= 15 is 0 Å². The summed E-state index contributed by atoms with van der Waals surface area (Å²) >= 11 is 0. The molecule has 2 N–H and O–H groups in total. The fraction of sp³-hybridized carbons (Fsp3) is 0.370. The van der Waals surface area contributed by atoms with Crippen molar-refractivity contribution in [3.8, 4) is 5.69 Å². The maximum absolute atomic E-state index is 13.0. The second-order valence-electron chi connectivity index (χ2n) is 9.68. The highest BCUT2D eigenvalue weighted by Crippen LogP contribution is 2.26. The molecule has 1 aromatic heterocycles. The zero-order valence-electron chi connectivity index (χ0n) is 21.0. The van der Waals surface area contributed by atoms with Crippen molar-refractivity contribution >= 4 is 23.4 Å². The fourth-order valence-corrected chi connectivity index (χ4v) is 3.44. The molecule has 0 spiro atoms. The normalized spacial score (nSPS) is 11.2. The Balaban J connectivity index is 1.78. The number of urea groups is 1. The van der Waals surface area contributed by atoms with E-state index in [9.17, 15) is 9.59 Å². The number of amides is 3. The minimum atomic E-state index is -0.303. The lowest BCUT2D eigenvalue weighted by atomic mass is 9.92. The molecule has 3 rings (SSSR count). The first kappa shape index (κ1) is 25.0. The number of rotatable bonds is 7. The van der Waals surface area contributed by atoms with Crippen LogP contribution in [-0.4, -0.2) is 39.7 Å². The Bertz CT molecular complexity index is 1130. The van der Waals surface area contributed by atoms with Gasteiger partial charge in [0, 0.05) is 23.7 Å². The summed E-state index contributed by atoms with van der Waals surface area (Å²) in [6.45, 7) is 12.7. The monoisotopic (exact) mass is 461 g/mol. The van der Waals surface area contributed by atoms with Gasteiger partial charge in [0.05, 0.1) is 11.4 Å². The second kappa shape index (κ2) is 10.5. The SMILES string of the molecule is CCCN(CC(=O)Nc1cc(C(C)(C)C)nn1-c1ccc(C)cc1)C(=O)Nc1ccc(C)cc1. The van der Waals surface area contributed by atoms with E-state index in [4.69, 9.17) is 5.10 Å². The molecule has 7 heteroatoms. The number of hydrogen-bond donors (Lipinski definition) is 2. The fourth-order valence-electron chi connectivity index (χ4n) is 3.44. The van der Waals surface area contributed by atoms with Crippen molar-refractivity contribution < 1.29 is 9.59 Å². The Hall–Kier alpha value is -3.61. The van der Waals surface area contributed by atoms with Crippen LogP contribution in [0.1, 0.15) is 50.9 Å². The molecule has 0 bridgehead atoms. The minimum absolute atomic E-state index is 0.0601. The Labute approximate surface area is 202 Å². The molecular formula is C27H35N5O2. The van der Waals surface area contributed by atoms with Gasteiger partial charge in [0.1, 0.15) is 12.4 Å². The zero-order valence-corrected chi connectivity index (χ0v) is 21.0. The van der Waals surface area contributed by atoms with E-state index in [2.05, 4.69) is 31.4 Å². The van der Waals surface area contributed by atoms with Crippen molar-refractivity contribution in [2.75, 3.05) is 23.7 Å². The van der Waals surface area contributed by atoms with Crippen molar-refractivity contribution in [3.63, 3.8) is 0 Å². The molecule has 0 radical (unpaired) electrons. The van der Waals surface area contributed by atoms with Gasteiger partial charge in [-0.2, -0.15) is 5.10 Å². The summed E-state index contributed by atoms with van der Waals surface area (Å²) in [5.74, 6) is 0.301. The lowest BCUT2D eigenvalue weighted by molar-refractivity contribution is -0.116. The highest BCUT2D eigenvalue weighted by Gasteiger charge is 2.23. The van der Waals surface area contributed by atoms with E-state index in [0.29, 0.717) is 18.1 Å². The van der Waals surface area contributed by atoms with Crippen molar-refractivity contribution in [1.82, 2.24) is 14.7 Å². The smallest absolute Gasteiger partial charge is 0.315 e. The third-order valence-electron chi connectivity index (χ3n) is 5.44. The quantitative estimate of drug-likeness (QED) is 0.476. The van der Waals surface area contributed by atoms with Crippen LogP contribution in [0, 0.1) is 13.8 Å². The van der Waals surface area contributed by atoms with Crippen LogP contribution in [0.2, 0.25) is 0 Å². The van der Waals surface area contributed by atoms with Crippen LogP contribution in [0.25, 0.3) is 5.69 Å². The number of aryl methyl sites for hydroxylation is 2. The van der Waals surface area contributed by atoms with Gasteiger partial charge in [-0.25, -0.2) is 9.48 Å². The number of benzene rings is 2. The summed E-state index contributed by atoms with van der Waals surface area (Å²) in [7, 11) is 0. The molecule has 0 atom stereocenters. The standard InChI is InChI=1S/C27H35N5O2/c1-7-16-31(26(34)28-21-12-8-19(2)9-13-21)18-25(33)29-24-17-23(27(4,5)6)30-32(24)22-14-10-20(3)11-15-22/h8-15,17H,7,16,18H2,1-6H3,(H,28,34)(H,29,33). The van der Waals surface area contributed by atoms with E-state index < -0.39 is 0 Å². The molecule has 0 saturated heterocycles. The Morgan fingerprint density at radius 1 is 0.941 bits per heavy atom. The lowest BCUT2D eigenvalue weighted by Crippen LogP contribution is -2.41. The average Bonchev–Trinajstić information content (AvgIpc) is 3.19. The number of carbonyl (C=O) groups is 2. The first-order valence-corrected chi connectivity index (χ1v) is 11.7. The zero-order chi connectivity index (χ0) is 24.9. The summed E-state index contributed by atoms with van der Waals surface area (Å²) < 4.78 is 1.74. The number of carbonyl (C=O) groups excluding carboxylic acids is 2. The number of hydrogen-bond acceptors (Lipinski definition) is 3. The molecule has 7 nitrogen and oxygen atoms in total. The summed E-state index contributed by atoms with van der Waals surface area (Å²) in [6, 6.07) is 17.1. The summed E-state index contributed by atoms with van der Waals surface area (Å²) in [5, 5.41) is 10.6. The number of aromatic nitrogens is 2. The van der Waals surface area contributed by atoms with Gasteiger partial charge in [-0.15, -0.1) is 0 Å². The molecular weight excluding hydrogens is 426 g/mol. The summed E-state index contributed by atoms with van der Waals surface area (Å²) in [5.41, 5.74) is 4.50. The van der Waals surface area contributed by atoms with Crippen molar-refractivity contribution in [3.05, 3.63) is 71.4 Å². The van der Waals surface area contributed by atoms with Crippen LogP contribution in [0.15, 0.2) is 54.6 Å². The third-order valence-corrected chi connectivity index (χ3v) is 5.44. The van der Waals surface area contributed by atoms with Gasteiger partial charge < -0.3 is 15.5 Å². The van der Waals surface area contributed by atoms with E-state index in [1.54, 1.807) is 4.68 Å². The van der Waals surface area contributed by atoms with Gasteiger partial charge >= 0.3 is 6.03 Å². The molecule has 1 heterocycles. The molecule has 0 aliphatic heterocycles. The van der Waals surface area contributed by atoms with Gasteiger partial charge in [-0.1, -0.05) is 63.1 Å². The van der Waals surface area contributed by atoms with Crippen LogP contribution in [0.3, 0.4) is 0 Å². The molecule has 0 aliphatic carbocycles. The van der Waals surface area contributed by atoms with Gasteiger partial charge in [-0.05, 0) is 44.5 Å². The second-order valence-corrected chi connectivity index (χ2v) is 9.68. The molecule has 180 valence electrons. The van der Waals surface area contributed by atoms with Gasteiger partial charge in [0.25, 0.3) is 0 Å². The maximum atomic E-state index is 13.0. The molecule has 34 heavy (non-hydrogen) atoms. The number of nitrogens with one attached hydrogen (secondary N) is 2. The highest BCUT2D eigenvalue weighted by atomic mass is 16.2. The van der Waals surface area contributed by atoms with Crippen LogP contribution in [0.5, 0.6) is 0 Å². The molecule has 2 aromatic carbocycles. The lowest BCUT2D eigenvalue weighted by Gasteiger charge is -2.22. The van der Waals surface area contributed by atoms with Crippen LogP contribution in [0.4, 0.5) is 16.3 Å².